The molecule has 2 rings (SSSR count). The minimum absolute atomic E-state index is 0.0338. The summed E-state index contributed by atoms with van der Waals surface area (Å²) in [5.74, 6) is -1.25. The highest BCUT2D eigenvalue weighted by Gasteiger charge is 2.28. The average molecular weight is 435 g/mol. The van der Waals surface area contributed by atoms with Gasteiger partial charge in [0.2, 0.25) is 0 Å². The molecule has 10 heteroatoms. The molecule has 150 valence electrons. The van der Waals surface area contributed by atoms with Crippen molar-refractivity contribution in [2.75, 3.05) is 11.9 Å². The van der Waals surface area contributed by atoms with Gasteiger partial charge in [-0.3, -0.25) is 9.59 Å². The highest BCUT2D eigenvalue weighted by Crippen LogP contribution is 2.32. The minimum Gasteiger partial charge on any atom is -0.479 e. The van der Waals surface area contributed by atoms with Crippen molar-refractivity contribution < 1.29 is 27.5 Å². The largest absolute Gasteiger partial charge is 0.479 e. The van der Waals surface area contributed by atoms with Crippen LogP contribution in [0.25, 0.3) is 0 Å². The molecule has 2 N–H and O–H groups in total. The van der Waals surface area contributed by atoms with Crippen molar-refractivity contribution in [1.29, 1.82) is 0 Å². The molecule has 0 aromatic heterocycles. The standard InChI is InChI=1S/C18H15Cl2F3N2O3/c1-10(28-14-7-3-6-13(19)15(14)20)16(26)25-12-5-2-4-11(8-12)17(27)24-9-18(21,22)23/h2-8,10H,9H2,1H3,(H,24,27)(H,25,26). The highest BCUT2D eigenvalue weighted by molar-refractivity contribution is 6.42. The Balaban J connectivity index is 2.01. The third-order valence-corrected chi connectivity index (χ3v) is 4.23. The van der Waals surface area contributed by atoms with E-state index in [-0.39, 0.29) is 27.0 Å². The van der Waals surface area contributed by atoms with E-state index in [1.807, 2.05) is 0 Å². The monoisotopic (exact) mass is 434 g/mol. The molecule has 0 spiro atoms. The van der Waals surface area contributed by atoms with Crippen molar-refractivity contribution in [2.45, 2.75) is 19.2 Å². The number of halogens is 5. The molecule has 0 aliphatic rings. The fourth-order valence-corrected chi connectivity index (χ4v) is 2.42. The Morgan fingerprint density at radius 2 is 1.82 bits per heavy atom. The van der Waals surface area contributed by atoms with E-state index >= 15 is 0 Å². The zero-order valence-electron chi connectivity index (χ0n) is 14.4. The van der Waals surface area contributed by atoms with E-state index < -0.39 is 30.6 Å². The summed E-state index contributed by atoms with van der Waals surface area (Å²) in [5, 5.41) is 4.71. The first-order valence-corrected chi connectivity index (χ1v) is 8.69. The number of nitrogens with one attached hydrogen (secondary N) is 2. The molecule has 0 heterocycles. The number of amides is 2. The molecular weight excluding hydrogens is 420 g/mol. The van der Waals surface area contributed by atoms with E-state index in [4.69, 9.17) is 27.9 Å². The van der Waals surface area contributed by atoms with E-state index in [1.54, 1.807) is 23.5 Å². The van der Waals surface area contributed by atoms with Crippen molar-refractivity contribution in [3.63, 3.8) is 0 Å². The summed E-state index contributed by atoms with van der Waals surface area (Å²) >= 11 is 11.9. The predicted molar refractivity (Wildman–Crippen MR) is 100 cm³/mol. The van der Waals surface area contributed by atoms with Crippen LogP contribution < -0.4 is 15.4 Å². The van der Waals surface area contributed by atoms with Crippen LogP contribution >= 0.6 is 23.2 Å². The first kappa shape index (κ1) is 21.8. The number of rotatable bonds is 6. The molecular formula is C18H15Cl2F3N2O3. The van der Waals surface area contributed by atoms with Gasteiger partial charge in [0.25, 0.3) is 11.8 Å². The number of carbonyl (C=O) groups excluding carboxylic acids is 2. The lowest BCUT2D eigenvalue weighted by Gasteiger charge is -2.16. The summed E-state index contributed by atoms with van der Waals surface area (Å²) in [6.07, 6.45) is -5.48. The van der Waals surface area contributed by atoms with Crippen LogP contribution in [0.4, 0.5) is 18.9 Å². The minimum atomic E-state index is -4.52. The highest BCUT2D eigenvalue weighted by atomic mass is 35.5. The number of hydrogen-bond acceptors (Lipinski definition) is 3. The quantitative estimate of drug-likeness (QED) is 0.692. The summed E-state index contributed by atoms with van der Waals surface area (Å²) in [5.41, 5.74) is 0.186. The Morgan fingerprint density at radius 3 is 2.50 bits per heavy atom. The number of ether oxygens (including phenoxy) is 1. The molecule has 0 radical (unpaired) electrons. The lowest BCUT2D eigenvalue weighted by Crippen LogP contribution is -2.34. The van der Waals surface area contributed by atoms with Crippen molar-refractivity contribution in [2.24, 2.45) is 0 Å². The first-order valence-electron chi connectivity index (χ1n) is 7.93. The molecule has 2 amide bonds. The predicted octanol–water partition coefficient (Wildman–Crippen LogP) is 4.69. The number of alkyl halides is 3. The average Bonchev–Trinajstić information content (AvgIpc) is 2.63. The van der Waals surface area contributed by atoms with E-state index in [9.17, 15) is 22.8 Å². The second-order valence-corrected chi connectivity index (χ2v) is 6.47. The topological polar surface area (TPSA) is 67.4 Å². The van der Waals surface area contributed by atoms with E-state index in [1.165, 1.54) is 31.2 Å². The van der Waals surface area contributed by atoms with E-state index in [0.717, 1.165) is 0 Å². The van der Waals surface area contributed by atoms with E-state index in [0.29, 0.717) is 0 Å². The number of hydrogen-bond donors (Lipinski definition) is 2. The van der Waals surface area contributed by atoms with Gasteiger partial charge in [0.1, 0.15) is 17.3 Å². The summed E-state index contributed by atoms with van der Waals surface area (Å²) in [6.45, 7) is 0.0279. The van der Waals surface area contributed by atoms with Crippen molar-refractivity contribution in [3.8, 4) is 5.75 Å². The van der Waals surface area contributed by atoms with Crippen LogP contribution in [0.2, 0.25) is 10.0 Å². The first-order chi connectivity index (χ1) is 13.1. The van der Waals surface area contributed by atoms with Gasteiger partial charge in [-0.15, -0.1) is 0 Å². The molecule has 0 aliphatic carbocycles. The second kappa shape index (κ2) is 9.16. The maximum absolute atomic E-state index is 12.3. The zero-order chi connectivity index (χ0) is 20.9. The van der Waals surface area contributed by atoms with Gasteiger partial charge in [-0.05, 0) is 37.3 Å². The number of carbonyl (C=O) groups is 2. The SMILES string of the molecule is CC(Oc1cccc(Cl)c1Cl)C(=O)Nc1cccc(C(=O)NCC(F)(F)F)c1. The summed E-state index contributed by atoms with van der Waals surface area (Å²) in [4.78, 5) is 24.1. The number of anilines is 1. The lowest BCUT2D eigenvalue weighted by molar-refractivity contribution is -0.123. The van der Waals surface area contributed by atoms with Gasteiger partial charge >= 0.3 is 6.18 Å². The molecule has 5 nitrogen and oxygen atoms in total. The normalized spacial score (nSPS) is 12.2. The Kier molecular flexibility index (Phi) is 7.15. The van der Waals surface area contributed by atoms with Crippen LogP contribution in [0.15, 0.2) is 42.5 Å². The lowest BCUT2D eigenvalue weighted by atomic mass is 10.2. The second-order valence-electron chi connectivity index (χ2n) is 5.68. The summed E-state index contributed by atoms with van der Waals surface area (Å²) < 4.78 is 42.1. The van der Waals surface area contributed by atoms with Gasteiger partial charge in [-0.2, -0.15) is 13.2 Å². The molecule has 0 saturated heterocycles. The molecule has 0 fully saturated rings. The third-order valence-electron chi connectivity index (χ3n) is 3.43. The van der Waals surface area contributed by atoms with E-state index in [2.05, 4.69) is 5.32 Å². The van der Waals surface area contributed by atoms with Gasteiger partial charge in [0, 0.05) is 11.3 Å². The smallest absolute Gasteiger partial charge is 0.405 e. The van der Waals surface area contributed by atoms with Crippen molar-refractivity contribution in [3.05, 3.63) is 58.1 Å². The summed E-state index contributed by atoms with van der Waals surface area (Å²) in [7, 11) is 0. The maximum atomic E-state index is 12.3. The van der Waals surface area contributed by atoms with Gasteiger partial charge in [-0.25, -0.2) is 0 Å². The molecule has 2 aromatic carbocycles. The summed E-state index contributed by atoms with van der Waals surface area (Å²) in [6, 6.07) is 10.2. The van der Waals surface area contributed by atoms with Gasteiger partial charge < -0.3 is 15.4 Å². The molecule has 2 aromatic rings. The van der Waals surface area contributed by atoms with Gasteiger partial charge in [0.05, 0.1) is 5.02 Å². The van der Waals surface area contributed by atoms with Crippen LogP contribution in [-0.2, 0) is 4.79 Å². The molecule has 1 atom stereocenters. The fourth-order valence-electron chi connectivity index (χ4n) is 2.08. The Labute approximate surface area is 168 Å². The van der Waals surface area contributed by atoms with Crippen molar-refractivity contribution >= 4 is 40.7 Å². The Morgan fingerprint density at radius 1 is 1.14 bits per heavy atom. The Hall–Kier alpha value is -2.45. The molecule has 0 saturated carbocycles. The van der Waals surface area contributed by atoms with Crippen LogP contribution in [0.1, 0.15) is 17.3 Å². The number of benzene rings is 2. The van der Waals surface area contributed by atoms with Crippen LogP contribution in [0.3, 0.4) is 0 Å². The van der Waals surface area contributed by atoms with Crippen LogP contribution in [-0.4, -0.2) is 30.6 Å². The van der Waals surface area contributed by atoms with Gasteiger partial charge in [-0.1, -0.05) is 35.3 Å². The fraction of sp³-hybridized carbons (Fsp3) is 0.222. The van der Waals surface area contributed by atoms with Crippen LogP contribution in [0, 0.1) is 0 Å². The molecule has 1 unspecified atom stereocenters. The third kappa shape index (κ3) is 6.31. The van der Waals surface area contributed by atoms with Crippen molar-refractivity contribution in [1.82, 2.24) is 5.32 Å². The Bertz CT molecular complexity index is 875. The zero-order valence-corrected chi connectivity index (χ0v) is 16.0. The van der Waals surface area contributed by atoms with Crippen LogP contribution in [0.5, 0.6) is 5.75 Å². The maximum Gasteiger partial charge on any atom is 0.405 e. The van der Waals surface area contributed by atoms with Gasteiger partial charge in [0.15, 0.2) is 6.10 Å². The molecule has 0 bridgehead atoms. The molecule has 0 aliphatic heterocycles. The molecule has 28 heavy (non-hydrogen) atoms.